The van der Waals surface area contributed by atoms with Crippen LogP contribution in [0.1, 0.15) is 20.3 Å². The van der Waals surface area contributed by atoms with Crippen molar-refractivity contribution < 1.29 is 0 Å². The molecular formula is C10H18N2S2. The first-order valence-corrected chi connectivity index (χ1v) is 6.88. The fraction of sp³-hybridized carbons (Fsp3) is 0.700. The highest BCUT2D eigenvalue weighted by atomic mass is 32.2. The van der Waals surface area contributed by atoms with Gasteiger partial charge in [-0.3, -0.25) is 0 Å². The molecule has 1 N–H and O–H groups in total. The molecule has 1 aromatic heterocycles. The number of hydrogen-bond donors (Lipinski definition) is 1. The third kappa shape index (κ3) is 5.62. The lowest BCUT2D eigenvalue weighted by molar-refractivity contribution is 0.547. The van der Waals surface area contributed by atoms with Gasteiger partial charge < -0.3 is 5.32 Å². The minimum absolute atomic E-state index is 0.800. The summed E-state index contributed by atoms with van der Waals surface area (Å²) in [6, 6.07) is 0. The maximum atomic E-state index is 4.22. The molecule has 0 aromatic carbocycles. The molecule has 2 nitrogen and oxygen atoms in total. The second-order valence-corrected chi connectivity index (χ2v) is 5.82. The van der Waals surface area contributed by atoms with Crippen LogP contribution in [-0.2, 0) is 0 Å². The molecule has 0 saturated carbocycles. The standard InChI is InChI=1S/C10H18N2S2/c1-9(2)3-4-11-5-7-13-10-12-6-8-14-10/h6,8-9,11H,3-5,7H2,1-2H3. The van der Waals surface area contributed by atoms with Crippen molar-refractivity contribution in [3.8, 4) is 0 Å². The Bertz CT molecular complexity index is 222. The van der Waals surface area contributed by atoms with Gasteiger partial charge in [-0.15, -0.1) is 11.3 Å². The van der Waals surface area contributed by atoms with Gasteiger partial charge in [0.15, 0.2) is 0 Å². The van der Waals surface area contributed by atoms with E-state index < -0.39 is 0 Å². The summed E-state index contributed by atoms with van der Waals surface area (Å²) < 4.78 is 1.18. The molecule has 0 fully saturated rings. The quantitative estimate of drug-likeness (QED) is 0.576. The van der Waals surface area contributed by atoms with E-state index in [9.17, 15) is 0 Å². The monoisotopic (exact) mass is 230 g/mol. The van der Waals surface area contributed by atoms with Gasteiger partial charge in [-0.05, 0) is 18.9 Å². The van der Waals surface area contributed by atoms with Gasteiger partial charge in [0, 0.05) is 23.9 Å². The number of thiazole rings is 1. The topological polar surface area (TPSA) is 24.9 Å². The molecule has 14 heavy (non-hydrogen) atoms. The molecule has 4 heteroatoms. The smallest absolute Gasteiger partial charge is 0.149 e. The van der Waals surface area contributed by atoms with Gasteiger partial charge in [-0.2, -0.15) is 0 Å². The predicted molar refractivity (Wildman–Crippen MR) is 65.2 cm³/mol. The fourth-order valence-corrected chi connectivity index (χ4v) is 2.61. The van der Waals surface area contributed by atoms with Crippen LogP contribution >= 0.6 is 23.1 Å². The van der Waals surface area contributed by atoms with E-state index in [1.54, 1.807) is 11.3 Å². The third-order valence-electron chi connectivity index (χ3n) is 1.81. The Labute approximate surface area is 94.5 Å². The summed E-state index contributed by atoms with van der Waals surface area (Å²) in [7, 11) is 0. The summed E-state index contributed by atoms with van der Waals surface area (Å²) >= 11 is 3.55. The van der Waals surface area contributed by atoms with Crippen LogP contribution in [0, 0.1) is 5.92 Å². The van der Waals surface area contributed by atoms with E-state index in [0.29, 0.717) is 0 Å². The number of aromatic nitrogens is 1. The molecule has 0 atom stereocenters. The van der Waals surface area contributed by atoms with Gasteiger partial charge in [0.05, 0.1) is 0 Å². The Kier molecular flexibility index (Phi) is 6.23. The Balaban J connectivity index is 1.90. The normalized spacial score (nSPS) is 11.1. The number of nitrogens with zero attached hydrogens (tertiary/aromatic N) is 1. The first kappa shape index (κ1) is 12.0. The molecule has 0 unspecified atom stereocenters. The van der Waals surface area contributed by atoms with Crippen LogP contribution in [0.25, 0.3) is 0 Å². The molecule has 1 aromatic rings. The van der Waals surface area contributed by atoms with E-state index in [-0.39, 0.29) is 0 Å². The summed E-state index contributed by atoms with van der Waals surface area (Å²) in [6.45, 7) is 6.73. The first-order valence-electron chi connectivity index (χ1n) is 5.02. The molecular weight excluding hydrogens is 212 g/mol. The van der Waals surface area contributed by atoms with Crippen molar-refractivity contribution in [2.45, 2.75) is 24.6 Å². The van der Waals surface area contributed by atoms with Crippen molar-refractivity contribution >= 4 is 23.1 Å². The first-order chi connectivity index (χ1) is 6.79. The van der Waals surface area contributed by atoms with Crippen LogP contribution in [0.4, 0.5) is 0 Å². The maximum absolute atomic E-state index is 4.22. The van der Waals surface area contributed by atoms with E-state index in [0.717, 1.165) is 24.8 Å². The Morgan fingerprint density at radius 3 is 3.00 bits per heavy atom. The number of hydrogen-bond acceptors (Lipinski definition) is 4. The van der Waals surface area contributed by atoms with E-state index in [4.69, 9.17) is 0 Å². The summed E-state index contributed by atoms with van der Waals surface area (Å²) in [5.41, 5.74) is 0. The maximum Gasteiger partial charge on any atom is 0.149 e. The van der Waals surface area contributed by atoms with Crippen molar-refractivity contribution in [3.05, 3.63) is 11.6 Å². The molecule has 0 aliphatic heterocycles. The summed E-state index contributed by atoms with van der Waals surface area (Å²) in [6.07, 6.45) is 3.13. The average Bonchev–Trinajstić information content (AvgIpc) is 2.63. The average molecular weight is 230 g/mol. The summed E-state index contributed by atoms with van der Waals surface area (Å²) in [5.74, 6) is 1.92. The number of thioether (sulfide) groups is 1. The van der Waals surface area contributed by atoms with Crippen LogP contribution in [0.2, 0.25) is 0 Å². The third-order valence-corrected chi connectivity index (χ3v) is 3.78. The zero-order valence-corrected chi connectivity index (χ0v) is 10.5. The lowest BCUT2D eigenvalue weighted by atomic mass is 10.1. The number of rotatable bonds is 7. The van der Waals surface area contributed by atoms with E-state index in [2.05, 4.69) is 24.1 Å². The molecule has 1 heterocycles. The Morgan fingerprint density at radius 1 is 1.50 bits per heavy atom. The zero-order valence-electron chi connectivity index (χ0n) is 8.82. The van der Waals surface area contributed by atoms with Gasteiger partial charge >= 0.3 is 0 Å². The van der Waals surface area contributed by atoms with Crippen LogP contribution in [0.15, 0.2) is 15.9 Å². The van der Waals surface area contributed by atoms with Gasteiger partial charge in [-0.25, -0.2) is 4.98 Å². The van der Waals surface area contributed by atoms with Crippen molar-refractivity contribution in [2.75, 3.05) is 18.8 Å². The van der Waals surface area contributed by atoms with Gasteiger partial charge in [0.2, 0.25) is 0 Å². The fourth-order valence-electron chi connectivity index (χ4n) is 1.01. The molecule has 0 bridgehead atoms. The molecule has 0 aliphatic carbocycles. The van der Waals surface area contributed by atoms with Crippen molar-refractivity contribution in [3.63, 3.8) is 0 Å². The molecule has 0 amide bonds. The van der Waals surface area contributed by atoms with E-state index in [1.165, 1.54) is 10.8 Å². The summed E-state index contributed by atoms with van der Waals surface area (Å²) in [4.78, 5) is 4.22. The predicted octanol–water partition coefficient (Wildman–Crippen LogP) is 2.87. The van der Waals surface area contributed by atoms with E-state index >= 15 is 0 Å². The summed E-state index contributed by atoms with van der Waals surface area (Å²) in [5, 5.41) is 5.46. The highest BCUT2D eigenvalue weighted by Gasteiger charge is 1.96. The molecule has 80 valence electrons. The largest absolute Gasteiger partial charge is 0.316 e. The zero-order chi connectivity index (χ0) is 10.2. The van der Waals surface area contributed by atoms with Crippen LogP contribution in [0.3, 0.4) is 0 Å². The molecule has 0 saturated heterocycles. The van der Waals surface area contributed by atoms with Gasteiger partial charge in [-0.1, -0.05) is 25.6 Å². The van der Waals surface area contributed by atoms with Crippen LogP contribution in [-0.4, -0.2) is 23.8 Å². The molecule has 0 aliphatic rings. The molecule has 0 radical (unpaired) electrons. The SMILES string of the molecule is CC(C)CCNCCSc1nccs1. The van der Waals surface area contributed by atoms with E-state index in [1.807, 2.05) is 23.3 Å². The number of nitrogens with one attached hydrogen (secondary N) is 1. The van der Waals surface area contributed by atoms with Crippen molar-refractivity contribution in [2.24, 2.45) is 5.92 Å². The lowest BCUT2D eigenvalue weighted by Gasteiger charge is -2.05. The minimum Gasteiger partial charge on any atom is -0.316 e. The highest BCUT2D eigenvalue weighted by Crippen LogP contribution is 2.18. The second-order valence-electron chi connectivity index (χ2n) is 3.58. The highest BCUT2D eigenvalue weighted by molar-refractivity contribution is 8.01. The van der Waals surface area contributed by atoms with Gasteiger partial charge in [0.1, 0.15) is 4.34 Å². The molecule has 1 rings (SSSR count). The lowest BCUT2D eigenvalue weighted by Crippen LogP contribution is -2.19. The van der Waals surface area contributed by atoms with Crippen molar-refractivity contribution in [1.29, 1.82) is 0 Å². The second kappa shape index (κ2) is 7.26. The van der Waals surface area contributed by atoms with Gasteiger partial charge in [0.25, 0.3) is 0 Å². The minimum atomic E-state index is 0.800. The molecule has 0 spiro atoms. The Hall–Kier alpha value is -0.0600. The van der Waals surface area contributed by atoms with Crippen LogP contribution < -0.4 is 5.32 Å². The van der Waals surface area contributed by atoms with Crippen LogP contribution in [0.5, 0.6) is 0 Å². The Morgan fingerprint density at radius 2 is 2.36 bits per heavy atom. The van der Waals surface area contributed by atoms with Crippen molar-refractivity contribution in [1.82, 2.24) is 10.3 Å².